The van der Waals surface area contributed by atoms with Gasteiger partial charge in [0.25, 0.3) is 5.56 Å². The number of hydrogen-bond donors (Lipinski definition) is 0. The largest absolute Gasteiger partial charge is 0.307 e. The van der Waals surface area contributed by atoms with Crippen molar-refractivity contribution < 1.29 is 0 Å². The molecule has 0 spiro atoms. The zero-order chi connectivity index (χ0) is 17.7. The lowest BCUT2D eigenvalue weighted by molar-refractivity contribution is 0.564. The van der Waals surface area contributed by atoms with Gasteiger partial charge in [-0.15, -0.1) is 5.10 Å². The van der Waals surface area contributed by atoms with Gasteiger partial charge in [-0.2, -0.15) is 4.68 Å². The molecule has 6 nitrogen and oxygen atoms in total. The molecule has 0 unspecified atom stereocenters. The molecule has 1 atom stereocenters. The third-order valence-corrected chi connectivity index (χ3v) is 5.45. The minimum atomic E-state index is -0.247. The van der Waals surface area contributed by atoms with E-state index in [0.29, 0.717) is 26.9 Å². The Bertz CT molecular complexity index is 1030. The number of aromatic nitrogens is 5. The lowest BCUT2D eigenvalue weighted by Gasteiger charge is -2.17. The van der Waals surface area contributed by atoms with Crippen LogP contribution in [-0.2, 0) is 6.42 Å². The van der Waals surface area contributed by atoms with Gasteiger partial charge >= 0.3 is 0 Å². The fourth-order valence-electron chi connectivity index (χ4n) is 3.27. The Morgan fingerprint density at radius 2 is 2.00 bits per heavy atom. The van der Waals surface area contributed by atoms with Crippen LogP contribution >= 0.6 is 34.8 Å². The topological polar surface area (TPSA) is 65.6 Å². The van der Waals surface area contributed by atoms with Crippen molar-refractivity contribution >= 4 is 34.8 Å². The summed E-state index contributed by atoms with van der Waals surface area (Å²) in [6.45, 7) is 1.98. The minimum absolute atomic E-state index is 0.0686. The molecular weight excluding hydrogens is 385 g/mol. The summed E-state index contributed by atoms with van der Waals surface area (Å²) in [5.74, 6) is 0. The Morgan fingerprint density at radius 3 is 2.72 bits per heavy atom. The molecule has 0 saturated carbocycles. The number of hydrogen-bond acceptors (Lipinski definition) is 4. The summed E-state index contributed by atoms with van der Waals surface area (Å²) >= 11 is 19.3. The van der Waals surface area contributed by atoms with Crippen molar-refractivity contribution in [2.24, 2.45) is 0 Å². The Balaban J connectivity index is 2.06. The van der Waals surface area contributed by atoms with Gasteiger partial charge in [0.1, 0.15) is 11.3 Å². The van der Waals surface area contributed by atoms with E-state index in [4.69, 9.17) is 34.8 Å². The van der Waals surface area contributed by atoms with Gasteiger partial charge < -0.3 is 4.57 Å². The van der Waals surface area contributed by atoms with Crippen LogP contribution in [0.15, 0.2) is 29.3 Å². The second-order valence-corrected chi connectivity index (χ2v) is 7.12. The molecule has 128 valence electrons. The summed E-state index contributed by atoms with van der Waals surface area (Å²) in [5.41, 5.74) is 2.25. The predicted molar refractivity (Wildman–Crippen MR) is 96.9 cm³/mol. The molecule has 3 heterocycles. The Kier molecular flexibility index (Phi) is 4.06. The molecule has 0 amide bonds. The molecule has 9 heteroatoms. The summed E-state index contributed by atoms with van der Waals surface area (Å²) in [7, 11) is 0. The fourth-order valence-corrected chi connectivity index (χ4v) is 4.16. The summed E-state index contributed by atoms with van der Waals surface area (Å²) in [6, 6.07) is 5.26. The van der Waals surface area contributed by atoms with E-state index in [-0.39, 0.29) is 16.6 Å². The molecule has 0 fully saturated rings. The highest BCUT2D eigenvalue weighted by Crippen LogP contribution is 2.42. The van der Waals surface area contributed by atoms with E-state index in [0.717, 1.165) is 18.5 Å². The predicted octanol–water partition coefficient (Wildman–Crippen LogP) is 3.96. The van der Waals surface area contributed by atoms with Gasteiger partial charge in [0, 0.05) is 27.9 Å². The van der Waals surface area contributed by atoms with Crippen molar-refractivity contribution in [3.05, 3.63) is 55.6 Å². The number of fused-ring (bicyclic) bond motifs is 1. The summed E-state index contributed by atoms with van der Waals surface area (Å²) in [4.78, 5) is 12.8. The van der Waals surface area contributed by atoms with Gasteiger partial charge in [0.05, 0.1) is 10.7 Å². The molecule has 3 aromatic rings. The van der Waals surface area contributed by atoms with Crippen LogP contribution in [0.3, 0.4) is 0 Å². The highest BCUT2D eigenvalue weighted by Gasteiger charge is 2.28. The van der Waals surface area contributed by atoms with Crippen LogP contribution in [0.1, 0.15) is 25.1 Å². The second-order valence-electron chi connectivity index (χ2n) is 5.93. The van der Waals surface area contributed by atoms with Gasteiger partial charge in [0.15, 0.2) is 0 Å². The molecule has 0 saturated heterocycles. The van der Waals surface area contributed by atoms with Crippen molar-refractivity contribution in [2.75, 3.05) is 0 Å². The third-order valence-electron chi connectivity index (χ3n) is 4.45. The molecular formula is C16H12Cl3N5O. The van der Waals surface area contributed by atoms with Crippen LogP contribution in [0.25, 0.3) is 16.8 Å². The molecule has 2 aromatic heterocycles. The minimum Gasteiger partial charge on any atom is -0.307 e. The molecule has 1 aromatic carbocycles. The molecule has 4 rings (SSSR count). The first-order valence-corrected chi connectivity index (χ1v) is 8.78. The van der Waals surface area contributed by atoms with Crippen molar-refractivity contribution in [1.82, 2.24) is 24.8 Å². The molecule has 1 aliphatic heterocycles. The number of rotatable bonds is 2. The first-order valence-electron chi connectivity index (χ1n) is 7.64. The zero-order valence-electron chi connectivity index (χ0n) is 13.1. The monoisotopic (exact) mass is 395 g/mol. The SMILES string of the molecule is C[C@@H]1CCc2c(Cl)c(-c3cc(Cl)ccc3-n3cnnn3)c(Cl)c(=O)n21. The smallest absolute Gasteiger partial charge is 0.270 e. The van der Waals surface area contributed by atoms with E-state index in [9.17, 15) is 4.79 Å². The molecule has 0 N–H and O–H groups in total. The van der Waals surface area contributed by atoms with Gasteiger partial charge in [-0.25, -0.2) is 0 Å². The maximum absolute atomic E-state index is 12.8. The number of tetrazole rings is 1. The van der Waals surface area contributed by atoms with Crippen molar-refractivity contribution in [3.63, 3.8) is 0 Å². The average Bonchev–Trinajstić information content (AvgIpc) is 3.23. The van der Waals surface area contributed by atoms with Crippen LogP contribution in [0.5, 0.6) is 0 Å². The van der Waals surface area contributed by atoms with E-state index in [2.05, 4.69) is 15.5 Å². The number of nitrogens with zero attached hydrogens (tertiary/aromatic N) is 5. The van der Waals surface area contributed by atoms with E-state index in [1.807, 2.05) is 6.92 Å². The lowest BCUT2D eigenvalue weighted by Crippen LogP contribution is -2.23. The first kappa shape index (κ1) is 16.6. The van der Waals surface area contributed by atoms with Crippen molar-refractivity contribution in [1.29, 1.82) is 0 Å². The van der Waals surface area contributed by atoms with Gasteiger partial charge in [-0.05, 0) is 48.4 Å². The maximum Gasteiger partial charge on any atom is 0.270 e. The highest BCUT2D eigenvalue weighted by atomic mass is 35.5. The van der Waals surface area contributed by atoms with Crippen LogP contribution in [-0.4, -0.2) is 24.8 Å². The van der Waals surface area contributed by atoms with Gasteiger partial charge in [-0.1, -0.05) is 34.8 Å². The quantitative estimate of drug-likeness (QED) is 0.657. The van der Waals surface area contributed by atoms with Gasteiger partial charge in [0.2, 0.25) is 0 Å². The van der Waals surface area contributed by atoms with E-state index in [1.54, 1.807) is 22.8 Å². The number of pyridine rings is 1. The lowest BCUT2D eigenvalue weighted by atomic mass is 10.0. The average molecular weight is 397 g/mol. The van der Waals surface area contributed by atoms with E-state index in [1.165, 1.54) is 11.0 Å². The zero-order valence-corrected chi connectivity index (χ0v) is 15.3. The third kappa shape index (κ3) is 2.56. The normalized spacial score (nSPS) is 16.2. The van der Waals surface area contributed by atoms with Crippen LogP contribution < -0.4 is 5.56 Å². The Morgan fingerprint density at radius 1 is 1.20 bits per heavy atom. The molecule has 0 radical (unpaired) electrons. The van der Waals surface area contributed by atoms with Gasteiger partial charge in [-0.3, -0.25) is 4.79 Å². The Labute approximate surface area is 157 Å². The summed E-state index contributed by atoms with van der Waals surface area (Å²) < 4.78 is 3.15. The maximum atomic E-state index is 12.8. The molecule has 25 heavy (non-hydrogen) atoms. The summed E-state index contributed by atoms with van der Waals surface area (Å²) in [5, 5.41) is 12.2. The molecule has 0 aliphatic carbocycles. The van der Waals surface area contributed by atoms with Crippen molar-refractivity contribution in [3.8, 4) is 16.8 Å². The van der Waals surface area contributed by atoms with Crippen LogP contribution in [0.2, 0.25) is 15.1 Å². The first-order chi connectivity index (χ1) is 12.0. The number of benzene rings is 1. The summed E-state index contributed by atoms with van der Waals surface area (Å²) in [6.07, 6.45) is 3.03. The fraction of sp³-hybridized carbons (Fsp3) is 0.250. The number of halogens is 3. The van der Waals surface area contributed by atoms with Crippen LogP contribution in [0.4, 0.5) is 0 Å². The van der Waals surface area contributed by atoms with Crippen LogP contribution in [0, 0.1) is 0 Å². The molecule has 0 bridgehead atoms. The Hall–Kier alpha value is -1.89. The van der Waals surface area contributed by atoms with Crippen molar-refractivity contribution in [2.45, 2.75) is 25.8 Å². The second kappa shape index (κ2) is 6.12. The standard InChI is InChI=1S/C16H12Cl3N5O/c1-8-2-4-12-14(18)13(15(19)16(25)24(8)12)10-6-9(17)3-5-11(10)23-7-20-21-22-23/h3,5-8H,2,4H2,1H3/t8-/m1/s1. The van der Waals surface area contributed by atoms with E-state index < -0.39 is 0 Å². The highest BCUT2D eigenvalue weighted by molar-refractivity contribution is 6.40. The van der Waals surface area contributed by atoms with E-state index >= 15 is 0 Å². The molecule has 1 aliphatic rings.